The van der Waals surface area contributed by atoms with Gasteiger partial charge in [0.2, 0.25) is 0 Å². The van der Waals surface area contributed by atoms with Gasteiger partial charge in [-0.3, -0.25) is 4.79 Å². The van der Waals surface area contributed by atoms with Crippen LogP contribution in [0.5, 0.6) is 0 Å². The molecular weight excluding hydrogens is 246 g/mol. The van der Waals surface area contributed by atoms with Crippen LogP contribution in [0.3, 0.4) is 0 Å². The highest BCUT2D eigenvalue weighted by atomic mass is 16.5. The number of rotatable bonds is 6. The summed E-state index contributed by atoms with van der Waals surface area (Å²) in [7, 11) is 0. The molecule has 0 aromatic carbocycles. The third kappa shape index (κ3) is 3.80. The smallest absolute Gasteiger partial charge is 0.332 e. The summed E-state index contributed by atoms with van der Waals surface area (Å²) in [6.45, 7) is 1.29. The largest absolute Gasteiger partial charge is 0.479 e. The molecule has 1 fully saturated rings. The molecule has 2 rings (SSSR count). The van der Waals surface area contributed by atoms with E-state index >= 15 is 0 Å². The van der Waals surface area contributed by atoms with Gasteiger partial charge in [-0.1, -0.05) is 6.08 Å². The number of aliphatic carboxylic acids is 1. The maximum Gasteiger partial charge on any atom is 0.332 e. The average Bonchev–Trinajstić information content (AvgIpc) is 3.22. The van der Waals surface area contributed by atoms with E-state index in [0.29, 0.717) is 6.04 Å². The Hall–Kier alpha value is -1.36. The topological polar surface area (TPSA) is 66.8 Å². The molecule has 2 aliphatic carbocycles. The number of amides is 1. The van der Waals surface area contributed by atoms with Gasteiger partial charge in [0, 0.05) is 11.7 Å². The Kier molecular flexibility index (Phi) is 4.58. The highest BCUT2D eigenvalue weighted by Gasteiger charge is 2.35. The summed E-state index contributed by atoms with van der Waals surface area (Å²) in [4.78, 5) is 24.7. The SMILES string of the molecule is C[C@H](OCC(=O)N(C1=CCCCC1)C1CC1)C(=O)O. The molecule has 5 nitrogen and oxygen atoms in total. The van der Waals surface area contributed by atoms with E-state index in [4.69, 9.17) is 9.84 Å². The summed E-state index contributed by atoms with van der Waals surface area (Å²) < 4.78 is 5.10. The Labute approximate surface area is 113 Å². The van der Waals surface area contributed by atoms with Gasteiger partial charge in [0.25, 0.3) is 5.91 Å². The fourth-order valence-corrected chi connectivity index (χ4v) is 2.31. The number of carboxylic acids is 1. The zero-order valence-corrected chi connectivity index (χ0v) is 11.3. The van der Waals surface area contributed by atoms with Crippen LogP contribution in [-0.4, -0.2) is 40.6 Å². The van der Waals surface area contributed by atoms with Gasteiger partial charge in [0.15, 0.2) is 6.10 Å². The minimum atomic E-state index is -1.04. The molecule has 1 atom stereocenters. The maximum absolute atomic E-state index is 12.2. The molecule has 0 aliphatic heterocycles. The summed E-state index contributed by atoms with van der Waals surface area (Å²) in [6, 6.07) is 0.306. The normalized spacial score (nSPS) is 20.6. The fraction of sp³-hybridized carbons (Fsp3) is 0.714. The number of hydrogen-bond acceptors (Lipinski definition) is 3. The second kappa shape index (κ2) is 6.19. The van der Waals surface area contributed by atoms with Gasteiger partial charge in [0.1, 0.15) is 6.61 Å². The monoisotopic (exact) mass is 267 g/mol. The first-order chi connectivity index (χ1) is 9.09. The van der Waals surface area contributed by atoms with Crippen LogP contribution in [0, 0.1) is 0 Å². The van der Waals surface area contributed by atoms with Crippen molar-refractivity contribution in [2.75, 3.05) is 6.61 Å². The Bertz CT molecular complexity index is 387. The summed E-state index contributed by atoms with van der Waals surface area (Å²) in [5, 5.41) is 8.74. The second-order valence-corrected chi connectivity index (χ2v) is 5.23. The standard InChI is InChI=1S/C14H21NO4/c1-10(14(17)18)19-9-13(16)15(12-7-8-12)11-5-3-2-4-6-11/h5,10,12H,2-4,6-9H2,1H3,(H,17,18)/t10-/m0/s1. The Morgan fingerprint density at radius 1 is 1.47 bits per heavy atom. The van der Waals surface area contributed by atoms with Crippen molar-refractivity contribution in [3.8, 4) is 0 Å². The molecule has 1 amide bonds. The molecule has 0 unspecified atom stereocenters. The van der Waals surface area contributed by atoms with Gasteiger partial charge >= 0.3 is 5.97 Å². The molecule has 0 bridgehead atoms. The average molecular weight is 267 g/mol. The van der Waals surface area contributed by atoms with Crippen LogP contribution in [-0.2, 0) is 14.3 Å². The van der Waals surface area contributed by atoms with Gasteiger partial charge in [-0.2, -0.15) is 0 Å². The van der Waals surface area contributed by atoms with Crippen molar-refractivity contribution in [3.63, 3.8) is 0 Å². The Morgan fingerprint density at radius 3 is 2.74 bits per heavy atom. The highest BCUT2D eigenvalue weighted by molar-refractivity contribution is 5.80. The van der Waals surface area contributed by atoms with Crippen LogP contribution in [0.4, 0.5) is 0 Å². The summed E-state index contributed by atoms with van der Waals surface area (Å²) in [5.74, 6) is -1.15. The van der Waals surface area contributed by atoms with E-state index in [1.807, 2.05) is 4.90 Å². The van der Waals surface area contributed by atoms with E-state index in [-0.39, 0.29) is 12.5 Å². The molecule has 0 heterocycles. The molecule has 0 aromatic rings. The third-order valence-electron chi connectivity index (χ3n) is 3.56. The van der Waals surface area contributed by atoms with Crippen LogP contribution >= 0.6 is 0 Å². The number of carbonyl (C=O) groups excluding carboxylic acids is 1. The molecule has 2 aliphatic rings. The molecule has 0 aromatic heterocycles. The van der Waals surface area contributed by atoms with E-state index < -0.39 is 12.1 Å². The molecule has 19 heavy (non-hydrogen) atoms. The van der Waals surface area contributed by atoms with E-state index in [2.05, 4.69) is 6.08 Å². The molecule has 0 saturated heterocycles. The number of carboxylic acid groups (broad SMARTS) is 1. The summed E-state index contributed by atoms with van der Waals surface area (Å²) in [6.07, 6.45) is 7.55. The van der Waals surface area contributed by atoms with E-state index in [0.717, 1.165) is 37.8 Å². The highest BCUT2D eigenvalue weighted by Crippen LogP contribution is 2.33. The van der Waals surface area contributed by atoms with Crippen molar-refractivity contribution in [3.05, 3.63) is 11.8 Å². The van der Waals surface area contributed by atoms with E-state index in [1.165, 1.54) is 13.3 Å². The lowest BCUT2D eigenvalue weighted by atomic mass is 10.0. The Balaban J connectivity index is 1.93. The lowest BCUT2D eigenvalue weighted by Crippen LogP contribution is -2.37. The van der Waals surface area contributed by atoms with Crippen molar-refractivity contribution >= 4 is 11.9 Å². The van der Waals surface area contributed by atoms with Gasteiger partial charge in [-0.05, 0) is 45.4 Å². The molecule has 1 N–H and O–H groups in total. The van der Waals surface area contributed by atoms with Crippen LogP contribution in [0.25, 0.3) is 0 Å². The predicted octanol–water partition coefficient (Wildman–Crippen LogP) is 1.93. The Morgan fingerprint density at radius 2 is 2.21 bits per heavy atom. The molecular formula is C14H21NO4. The van der Waals surface area contributed by atoms with Crippen molar-refractivity contribution in [1.29, 1.82) is 0 Å². The van der Waals surface area contributed by atoms with Gasteiger partial charge in [0.05, 0.1) is 0 Å². The van der Waals surface area contributed by atoms with Crippen molar-refractivity contribution in [1.82, 2.24) is 4.90 Å². The lowest BCUT2D eigenvalue weighted by molar-refractivity contribution is -0.152. The number of nitrogens with zero attached hydrogens (tertiary/aromatic N) is 1. The molecule has 0 spiro atoms. The maximum atomic E-state index is 12.2. The van der Waals surface area contributed by atoms with Gasteiger partial charge in [-0.25, -0.2) is 4.79 Å². The minimum absolute atomic E-state index is 0.108. The molecule has 5 heteroatoms. The summed E-state index contributed by atoms with van der Waals surface area (Å²) in [5.41, 5.74) is 1.10. The first-order valence-corrected chi connectivity index (χ1v) is 6.95. The van der Waals surface area contributed by atoms with Crippen LogP contribution in [0.2, 0.25) is 0 Å². The second-order valence-electron chi connectivity index (χ2n) is 5.23. The fourth-order valence-electron chi connectivity index (χ4n) is 2.31. The molecule has 0 radical (unpaired) electrons. The van der Waals surface area contributed by atoms with Crippen LogP contribution < -0.4 is 0 Å². The van der Waals surface area contributed by atoms with Gasteiger partial charge < -0.3 is 14.7 Å². The number of carbonyl (C=O) groups is 2. The zero-order valence-electron chi connectivity index (χ0n) is 11.3. The lowest BCUT2D eigenvalue weighted by Gasteiger charge is -2.28. The van der Waals surface area contributed by atoms with Gasteiger partial charge in [-0.15, -0.1) is 0 Å². The van der Waals surface area contributed by atoms with Crippen molar-refractivity contribution < 1.29 is 19.4 Å². The van der Waals surface area contributed by atoms with Crippen molar-refractivity contribution in [2.45, 2.75) is 57.6 Å². The minimum Gasteiger partial charge on any atom is -0.479 e. The van der Waals surface area contributed by atoms with Crippen molar-refractivity contribution in [2.24, 2.45) is 0 Å². The predicted molar refractivity (Wildman–Crippen MR) is 69.5 cm³/mol. The first kappa shape index (κ1) is 14.1. The quantitative estimate of drug-likeness (QED) is 0.798. The van der Waals surface area contributed by atoms with Crippen LogP contribution in [0.15, 0.2) is 11.8 Å². The summed E-state index contributed by atoms with van der Waals surface area (Å²) >= 11 is 0. The third-order valence-corrected chi connectivity index (χ3v) is 3.56. The van der Waals surface area contributed by atoms with E-state index in [1.54, 1.807) is 0 Å². The number of allylic oxidation sites excluding steroid dienone is 2. The molecule has 106 valence electrons. The number of ether oxygens (including phenoxy) is 1. The van der Waals surface area contributed by atoms with Crippen LogP contribution in [0.1, 0.15) is 45.4 Å². The first-order valence-electron chi connectivity index (χ1n) is 6.95. The molecule has 1 saturated carbocycles. The zero-order chi connectivity index (χ0) is 13.8. The van der Waals surface area contributed by atoms with E-state index in [9.17, 15) is 9.59 Å². The number of hydrogen-bond donors (Lipinski definition) is 1.